The Morgan fingerprint density at radius 2 is 1.92 bits per heavy atom. The van der Waals surface area contributed by atoms with E-state index in [0.29, 0.717) is 22.2 Å². The van der Waals surface area contributed by atoms with E-state index < -0.39 is 0 Å². The molecule has 1 N–H and O–H groups in total. The predicted octanol–water partition coefficient (Wildman–Crippen LogP) is 4.18. The third-order valence-electron chi connectivity index (χ3n) is 3.69. The summed E-state index contributed by atoms with van der Waals surface area (Å²) >= 11 is 1.46. The monoisotopic (exact) mass is 342 g/mol. The van der Waals surface area contributed by atoms with Crippen LogP contribution in [0.4, 0.5) is 5.13 Å². The molecule has 2 aromatic carbocycles. The number of hydrogen-bond donors (Lipinski definition) is 1. The van der Waals surface area contributed by atoms with Crippen LogP contribution < -0.4 is 14.8 Å². The van der Waals surface area contributed by atoms with Gasteiger partial charge < -0.3 is 9.47 Å². The van der Waals surface area contributed by atoms with Crippen molar-refractivity contribution in [1.29, 1.82) is 0 Å². The van der Waals surface area contributed by atoms with E-state index in [2.05, 4.69) is 16.4 Å². The van der Waals surface area contributed by atoms with Gasteiger partial charge in [-0.25, -0.2) is 4.98 Å². The largest absolute Gasteiger partial charge is 0.497 e. The molecular formula is C18H18N2O3S. The Bertz CT molecular complexity index is 918. The SMILES string of the molecule is COc1ccc(OC)c(C(=O)Nc2nc3cc(C)cc(C)c3s2)c1. The van der Waals surface area contributed by atoms with E-state index in [1.165, 1.54) is 18.4 Å². The number of nitrogens with zero attached hydrogens (tertiary/aromatic N) is 1. The maximum atomic E-state index is 12.6. The standard InChI is InChI=1S/C18H18N2O3S/c1-10-7-11(2)16-14(8-10)19-18(24-16)20-17(21)13-9-12(22-3)5-6-15(13)23-4/h5-9H,1-4H3,(H,19,20,21). The smallest absolute Gasteiger partial charge is 0.261 e. The van der Waals surface area contributed by atoms with Gasteiger partial charge in [-0.3, -0.25) is 10.1 Å². The number of aromatic nitrogens is 1. The van der Waals surface area contributed by atoms with Gasteiger partial charge in [0.2, 0.25) is 0 Å². The van der Waals surface area contributed by atoms with E-state index >= 15 is 0 Å². The van der Waals surface area contributed by atoms with Crippen LogP contribution in [0.5, 0.6) is 11.5 Å². The number of anilines is 1. The fourth-order valence-electron chi connectivity index (χ4n) is 2.59. The summed E-state index contributed by atoms with van der Waals surface area (Å²) in [6.07, 6.45) is 0. The molecule has 1 amide bonds. The van der Waals surface area contributed by atoms with Crippen molar-refractivity contribution in [2.24, 2.45) is 0 Å². The zero-order valence-electron chi connectivity index (χ0n) is 14.0. The minimum atomic E-state index is -0.279. The molecule has 0 radical (unpaired) electrons. The summed E-state index contributed by atoms with van der Waals surface area (Å²) < 4.78 is 11.5. The highest BCUT2D eigenvalue weighted by molar-refractivity contribution is 7.22. The summed E-state index contributed by atoms with van der Waals surface area (Å²) in [6, 6.07) is 9.23. The van der Waals surface area contributed by atoms with Gasteiger partial charge in [-0.05, 0) is 49.2 Å². The Morgan fingerprint density at radius 1 is 1.12 bits per heavy atom. The van der Waals surface area contributed by atoms with Crippen LogP contribution in [0, 0.1) is 13.8 Å². The van der Waals surface area contributed by atoms with Crippen LogP contribution in [0.1, 0.15) is 21.5 Å². The molecule has 1 aromatic heterocycles. The lowest BCUT2D eigenvalue weighted by atomic mass is 10.1. The Morgan fingerprint density at radius 3 is 2.62 bits per heavy atom. The van der Waals surface area contributed by atoms with Crippen LogP contribution in [0.2, 0.25) is 0 Å². The summed E-state index contributed by atoms with van der Waals surface area (Å²) in [6.45, 7) is 4.08. The molecule has 5 nitrogen and oxygen atoms in total. The zero-order chi connectivity index (χ0) is 17.3. The summed E-state index contributed by atoms with van der Waals surface area (Å²) in [5.41, 5.74) is 3.61. The van der Waals surface area contributed by atoms with Crippen molar-refractivity contribution >= 4 is 32.6 Å². The molecule has 0 saturated heterocycles. The molecule has 0 unspecified atom stereocenters. The van der Waals surface area contributed by atoms with Crippen LogP contribution >= 0.6 is 11.3 Å². The Hall–Kier alpha value is -2.60. The first-order chi connectivity index (χ1) is 11.5. The lowest BCUT2D eigenvalue weighted by Crippen LogP contribution is -2.13. The number of benzene rings is 2. The number of ether oxygens (including phenoxy) is 2. The normalized spacial score (nSPS) is 10.7. The van der Waals surface area contributed by atoms with Crippen LogP contribution in [-0.2, 0) is 0 Å². The average molecular weight is 342 g/mol. The number of thiazole rings is 1. The van der Waals surface area contributed by atoms with E-state index in [9.17, 15) is 4.79 Å². The number of fused-ring (bicyclic) bond motifs is 1. The van der Waals surface area contributed by atoms with Crippen LogP contribution in [0.25, 0.3) is 10.2 Å². The second kappa shape index (κ2) is 6.49. The molecule has 0 aliphatic carbocycles. The lowest BCUT2D eigenvalue weighted by molar-refractivity contribution is 0.102. The number of carbonyl (C=O) groups is 1. The number of nitrogens with one attached hydrogen (secondary N) is 1. The summed E-state index contributed by atoms with van der Waals surface area (Å²) in [7, 11) is 3.09. The molecule has 124 valence electrons. The van der Waals surface area contributed by atoms with Gasteiger partial charge >= 0.3 is 0 Å². The molecule has 0 saturated carbocycles. The van der Waals surface area contributed by atoms with Crippen molar-refractivity contribution in [1.82, 2.24) is 4.98 Å². The lowest BCUT2D eigenvalue weighted by Gasteiger charge is -2.09. The van der Waals surface area contributed by atoms with E-state index in [-0.39, 0.29) is 5.91 Å². The Labute approximate surface area is 144 Å². The minimum absolute atomic E-state index is 0.279. The van der Waals surface area contributed by atoms with Gasteiger partial charge in [-0.1, -0.05) is 17.4 Å². The Kier molecular flexibility index (Phi) is 4.40. The molecule has 3 rings (SSSR count). The first kappa shape index (κ1) is 16.3. The van der Waals surface area contributed by atoms with Crippen molar-refractivity contribution in [3.05, 3.63) is 47.0 Å². The van der Waals surface area contributed by atoms with Crippen molar-refractivity contribution in [2.75, 3.05) is 19.5 Å². The maximum absolute atomic E-state index is 12.6. The van der Waals surface area contributed by atoms with Gasteiger partial charge in [0, 0.05) is 0 Å². The second-order valence-corrected chi connectivity index (χ2v) is 6.47. The maximum Gasteiger partial charge on any atom is 0.261 e. The molecule has 0 aliphatic rings. The molecule has 1 heterocycles. The minimum Gasteiger partial charge on any atom is -0.497 e. The molecule has 6 heteroatoms. The average Bonchev–Trinajstić information content (AvgIpc) is 2.96. The van der Waals surface area contributed by atoms with E-state index in [1.54, 1.807) is 25.3 Å². The molecular weight excluding hydrogens is 324 g/mol. The fourth-order valence-corrected chi connectivity index (χ4v) is 3.50. The van der Waals surface area contributed by atoms with Gasteiger partial charge in [-0.2, -0.15) is 0 Å². The number of carbonyl (C=O) groups excluding carboxylic acids is 1. The van der Waals surface area contributed by atoms with Gasteiger partial charge in [0.25, 0.3) is 5.91 Å². The number of rotatable bonds is 4. The molecule has 0 atom stereocenters. The summed E-state index contributed by atoms with van der Waals surface area (Å²) in [4.78, 5) is 17.1. The zero-order valence-corrected chi connectivity index (χ0v) is 14.8. The third kappa shape index (κ3) is 3.05. The van der Waals surface area contributed by atoms with Gasteiger partial charge in [0.05, 0.1) is 30.0 Å². The van der Waals surface area contributed by atoms with Crippen LogP contribution in [0.15, 0.2) is 30.3 Å². The Balaban J connectivity index is 1.94. The summed E-state index contributed by atoms with van der Waals surface area (Å²) in [5.74, 6) is 0.803. The summed E-state index contributed by atoms with van der Waals surface area (Å²) in [5, 5.41) is 3.42. The van der Waals surface area contributed by atoms with Crippen molar-refractivity contribution in [2.45, 2.75) is 13.8 Å². The quantitative estimate of drug-likeness (QED) is 0.772. The molecule has 0 fully saturated rings. The molecule has 0 spiro atoms. The van der Waals surface area contributed by atoms with Gasteiger partial charge in [0.15, 0.2) is 5.13 Å². The van der Waals surface area contributed by atoms with Gasteiger partial charge in [-0.15, -0.1) is 0 Å². The highest BCUT2D eigenvalue weighted by Gasteiger charge is 2.16. The number of amides is 1. The second-order valence-electron chi connectivity index (χ2n) is 5.47. The van der Waals surface area contributed by atoms with Crippen molar-refractivity contribution < 1.29 is 14.3 Å². The number of aryl methyl sites for hydroxylation is 2. The van der Waals surface area contributed by atoms with Crippen LogP contribution in [-0.4, -0.2) is 25.1 Å². The molecule has 3 aromatic rings. The van der Waals surface area contributed by atoms with E-state index in [4.69, 9.17) is 9.47 Å². The molecule has 0 bridgehead atoms. The van der Waals surface area contributed by atoms with Crippen molar-refractivity contribution in [3.63, 3.8) is 0 Å². The van der Waals surface area contributed by atoms with E-state index in [1.807, 2.05) is 19.9 Å². The first-order valence-electron chi connectivity index (χ1n) is 7.43. The third-order valence-corrected chi connectivity index (χ3v) is 4.81. The van der Waals surface area contributed by atoms with E-state index in [0.717, 1.165) is 21.3 Å². The fraction of sp³-hybridized carbons (Fsp3) is 0.222. The molecule has 24 heavy (non-hydrogen) atoms. The topological polar surface area (TPSA) is 60.5 Å². The van der Waals surface area contributed by atoms with Crippen LogP contribution in [0.3, 0.4) is 0 Å². The van der Waals surface area contributed by atoms with Crippen molar-refractivity contribution in [3.8, 4) is 11.5 Å². The predicted molar refractivity (Wildman–Crippen MR) is 96.6 cm³/mol. The number of methoxy groups -OCH3 is 2. The number of hydrogen-bond acceptors (Lipinski definition) is 5. The molecule has 0 aliphatic heterocycles. The highest BCUT2D eigenvalue weighted by Crippen LogP contribution is 2.31. The van der Waals surface area contributed by atoms with Gasteiger partial charge in [0.1, 0.15) is 11.5 Å². The highest BCUT2D eigenvalue weighted by atomic mass is 32.1. The first-order valence-corrected chi connectivity index (χ1v) is 8.24.